The molecule has 5 heteroatoms. The Morgan fingerprint density at radius 3 is 2.46 bits per heavy atom. The molecule has 0 N–H and O–H groups in total. The van der Waals surface area contributed by atoms with Crippen molar-refractivity contribution in [2.45, 2.75) is 18.7 Å². The summed E-state index contributed by atoms with van der Waals surface area (Å²) < 4.78 is 19.3. The van der Waals surface area contributed by atoms with E-state index in [1.807, 2.05) is 54.6 Å². The summed E-state index contributed by atoms with van der Waals surface area (Å²) in [4.78, 5) is 13.1. The standard InChI is InChI=1S/C23H17FN2O2/c24-17-12-10-16(11-13-17)22(27)23-26-20(18-8-4-5-9-21(18)28-23)14-19(25-26)15-6-2-1-3-7-15/h1-13,20,23H,14H2/t20-,23+/m0/s1. The molecular formula is C23H17FN2O2. The van der Waals surface area contributed by atoms with E-state index in [2.05, 4.69) is 0 Å². The van der Waals surface area contributed by atoms with Gasteiger partial charge in [0.15, 0.2) is 0 Å². The molecule has 3 aromatic rings. The van der Waals surface area contributed by atoms with Crippen molar-refractivity contribution >= 4 is 11.5 Å². The van der Waals surface area contributed by atoms with Crippen molar-refractivity contribution in [2.75, 3.05) is 0 Å². The molecule has 0 unspecified atom stereocenters. The molecule has 0 saturated heterocycles. The topological polar surface area (TPSA) is 41.9 Å². The Morgan fingerprint density at radius 2 is 1.68 bits per heavy atom. The van der Waals surface area contributed by atoms with E-state index in [1.165, 1.54) is 24.3 Å². The minimum Gasteiger partial charge on any atom is -0.461 e. The highest BCUT2D eigenvalue weighted by molar-refractivity contribution is 6.03. The Bertz CT molecular complexity index is 1060. The molecule has 2 heterocycles. The van der Waals surface area contributed by atoms with Gasteiger partial charge in [0, 0.05) is 17.5 Å². The summed E-state index contributed by atoms with van der Waals surface area (Å²) >= 11 is 0. The van der Waals surface area contributed by atoms with Gasteiger partial charge in [-0.15, -0.1) is 0 Å². The van der Waals surface area contributed by atoms with Crippen LogP contribution in [0.5, 0.6) is 5.75 Å². The third kappa shape index (κ3) is 2.76. The van der Waals surface area contributed by atoms with Crippen LogP contribution in [0, 0.1) is 5.82 Å². The van der Waals surface area contributed by atoms with Crippen LogP contribution in [0.25, 0.3) is 0 Å². The molecule has 4 nitrogen and oxygen atoms in total. The Hall–Kier alpha value is -3.47. The molecule has 2 aliphatic heterocycles. The monoisotopic (exact) mass is 372 g/mol. The van der Waals surface area contributed by atoms with E-state index in [1.54, 1.807) is 5.01 Å². The van der Waals surface area contributed by atoms with Crippen LogP contribution in [0.4, 0.5) is 4.39 Å². The van der Waals surface area contributed by atoms with E-state index < -0.39 is 6.23 Å². The van der Waals surface area contributed by atoms with Crippen LogP contribution in [0.2, 0.25) is 0 Å². The van der Waals surface area contributed by atoms with Crippen molar-refractivity contribution in [3.8, 4) is 5.75 Å². The molecule has 0 radical (unpaired) electrons. The normalized spacial score (nSPS) is 20.0. The van der Waals surface area contributed by atoms with Crippen LogP contribution < -0.4 is 4.74 Å². The second-order valence-corrected chi connectivity index (χ2v) is 6.89. The van der Waals surface area contributed by atoms with Crippen LogP contribution in [0.1, 0.15) is 33.9 Å². The van der Waals surface area contributed by atoms with Gasteiger partial charge in [-0.05, 0) is 35.9 Å². The van der Waals surface area contributed by atoms with Crippen molar-refractivity contribution in [3.05, 3.63) is 101 Å². The summed E-state index contributed by atoms with van der Waals surface area (Å²) in [6.07, 6.45) is -0.191. The maximum absolute atomic E-state index is 13.3. The molecule has 5 rings (SSSR count). The van der Waals surface area contributed by atoms with Gasteiger partial charge in [0.05, 0.1) is 11.8 Å². The third-order valence-corrected chi connectivity index (χ3v) is 5.16. The van der Waals surface area contributed by atoms with Gasteiger partial charge in [0.2, 0.25) is 5.78 Å². The Morgan fingerprint density at radius 1 is 0.964 bits per heavy atom. The summed E-state index contributed by atoms with van der Waals surface area (Å²) in [5.41, 5.74) is 3.36. The molecule has 0 spiro atoms. The van der Waals surface area contributed by atoms with Gasteiger partial charge in [0.25, 0.3) is 6.23 Å². The first kappa shape index (κ1) is 16.7. The third-order valence-electron chi connectivity index (χ3n) is 5.16. The number of carbonyl (C=O) groups excluding carboxylic acids is 1. The molecule has 0 saturated carbocycles. The van der Waals surface area contributed by atoms with E-state index in [9.17, 15) is 9.18 Å². The largest absolute Gasteiger partial charge is 0.461 e. The number of carbonyl (C=O) groups is 1. The van der Waals surface area contributed by atoms with Gasteiger partial charge in [-0.25, -0.2) is 9.40 Å². The van der Waals surface area contributed by atoms with Gasteiger partial charge >= 0.3 is 0 Å². The predicted molar refractivity (Wildman–Crippen MR) is 104 cm³/mol. The fourth-order valence-electron chi connectivity index (χ4n) is 3.77. The zero-order valence-corrected chi connectivity index (χ0v) is 15.0. The molecule has 3 aromatic carbocycles. The molecule has 0 bridgehead atoms. The number of ketones is 1. The molecule has 0 aromatic heterocycles. The average molecular weight is 372 g/mol. The number of ether oxygens (including phenoxy) is 1. The van der Waals surface area contributed by atoms with E-state index >= 15 is 0 Å². The first-order chi connectivity index (χ1) is 13.7. The number of hydrogen-bond acceptors (Lipinski definition) is 4. The maximum atomic E-state index is 13.3. The Balaban J connectivity index is 1.56. The number of nitrogens with zero attached hydrogens (tertiary/aromatic N) is 2. The first-order valence-corrected chi connectivity index (χ1v) is 9.17. The molecule has 0 amide bonds. The van der Waals surface area contributed by atoms with Crippen LogP contribution in [-0.4, -0.2) is 22.7 Å². The van der Waals surface area contributed by atoms with Crippen molar-refractivity contribution in [1.82, 2.24) is 5.01 Å². The van der Waals surface area contributed by atoms with Crippen LogP contribution >= 0.6 is 0 Å². The fourth-order valence-corrected chi connectivity index (χ4v) is 3.77. The van der Waals surface area contributed by atoms with Crippen molar-refractivity contribution < 1.29 is 13.9 Å². The number of Topliss-reactive ketones (excluding diaryl/α,β-unsaturated/α-hetero) is 1. The number of fused-ring (bicyclic) bond motifs is 3. The molecule has 138 valence electrons. The van der Waals surface area contributed by atoms with E-state index in [0.717, 1.165) is 16.8 Å². The van der Waals surface area contributed by atoms with Gasteiger partial charge in [0.1, 0.15) is 11.6 Å². The number of hydrazone groups is 1. The highest BCUT2D eigenvalue weighted by Crippen LogP contribution is 2.43. The van der Waals surface area contributed by atoms with E-state index in [0.29, 0.717) is 17.7 Å². The van der Waals surface area contributed by atoms with Crippen molar-refractivity contribution in [1.29, 1.82) is 0 Å². The maximum Gasteiger partial charge on any atom is 0.251 e. The van der Waals surface area contributed by atoms with Crippen LogP contribution in [0.3, 0.4) is 0 Å². The predicted octanol–water partition coefficient (Wildman–Crippen LogP) is 4.58. The van der Waals surface area contributed by atoms with Crippen molar-refractivity contribution in [2.24, 2.45) is 5.10 Å². The smallest absolute Gasteiger partial charge is 0.251 e. The molecule has 0 aliphatic carbocycles. The Labute approximate surface area is 161 Å². The average Bonchev–Trinajstić information content (AvgIpc) is 3.20. The van der Waals surface area contributed by atoms with E-state index in [-0.39, 0.29) is 17.6 Å². The Kier molecular flexibility index (Phi) is 3.93. The highest BCUT2D eigenvalue weighted by Gasteiger charge is 2.43. The quantitative estimate of drug-likeness (QED) is 0.632. The molecule has 28 heavy (non-hydrogen) atoms. The number of rotatable bonds is 3. The van der Waals surface area contributed by atoms with Gasteiger partial charge in [-0.1, -0.05) is 48.5 Å². The minimum absolute atomic E-state index is 0.0745. The zero-order chi connectivity index (χ0) is 19.1. The second kappa shape index (κ2) is 6.60. The fraction of sp³-hybridized carbons (Fsp3) is 0.130. The lowest BCUT2D eigenvalue weighted by Crippen LogP contribution is -2.45. The number of para-hydroxylation sites is 1. The number of benzene rings is 3. The molecule has 2 atom stereocenters. The second-order valence-electron chi connectivity index (χ2n) is 6.89. The minimum atomic E-state index is -0.883. The number of halogens is 1. The zero-order valence-electron chi connectivity index (χ0n) is 15.0. The highest BCUT2D eigenvalue weighted by atomic mass is 19.1. The summed E-state index contributed by atoms with van der Waals surface area (Å²) in [6, 6.07) is 23.1. The van der Waals surface area contributed by atoms with Crippen molar-refractivity contribution in [3.63, 3.8) is 0 Å². The summed E-state index contributed by atoms with van der Waals surface area (Å²) in [6.45, 7) is 0. The SMILES string of the molecule is O=C(c1ccc(F)cc1)[C@H]1Oc2ccccc2[C@@H]2CC(c3ccccc3)=NN12. The van der Waals surface area contributed by atoms with Gasteiger partial charge < -0.3 is 4.74 Å². The molecular weight excluding hydrogens is 355 g/mol. The summed E-state index contributed by atoms with van der Waals surface area (Å²) in [5, 5.41) is 6.50. The first-order valence-electron chi connectivity index (χ1n) is 9.17. The van der Waals surface area contributed by atoms with E-state index in [4.69, 9.17) is 9.84 Å². The van der Waals surface area contributed by atoms with Crippen LogP contribution in [-0.2, 0) is 0 Å². The van der Waals surface area contributed by atoms with Crippen LogP contribution in [0.15, 0.2) is 84.0 Å². The molecule has 0 fully saturated rings. The lowest BCUT2D eigenvalue weighted by molar-refractivity contribution is -0.00456. The molecule has 2 aliphatic rings. The lowest BCUT2D eigenvalue weighted by atomic mass is 9.96. The summed E-state index contributed by atoms with van der Waals surface area (Å²) in [5.74, 6) is 0.0705. The van der Waals surface area contributed by atoms with Gasteiger partial charge in [-0.3, -0.25) is 4.79 Å². The number of hydrogen-bond donors (Lipinski definition) is 0. The lowest BCUT2D eigenvalue weighted by Gasteiger charge is -2.37. The van der Waals surface area contributed by atoms with Gasteiger partial charge in [-0.2, -0.15) is 5.10 Å². The summed E-state index contributed by atoms with van der Waals surface area (Å²) in [7, 11) is 0.